The third-order valence-electron chi connectivity index (χ3n) is 11.9. The minimum Gasteiger partial charge on any atom is -0.462 e. The molecular formula is C61H104O6. The second-order valence-electron chi connectivity index (χ2n) is 18.5. The SMILES string of the molecule is CC/C=C\C/C=C\C/C=C\C/C=C\C/C=C\CC(=O)OC(COC(=O)CCCCCCCCCCCCC)COC(=O)CCCCCCCCCCCCC/C=C\C/C=C\CCCCCCC. The number of allylic oxidation sites excluding steroid dienone is 13. The molecule has 0 saturated carbocycles. The van der Waals surface area contributed by atoms with Gasteiger partial charge in [0.25, 0.3) is 0 Å². The van der Waals surface area contributed by atoms with Crippen molar-refractivity contribution in [2.75, 3.05) is 13.2 Å². The number of carbonyl (C=O) groups excluding carboxylic acids is 3. The van der Waals surface area contributed by atoms with E-state index in [1.165, 1.54) is 148 Å². The highest BCUT2D eigenvalue weighted by molar-refractivity contribution is 5.72. The van der Waals surface area contributed by atoms with Gasteiger partial charge >= 0.3 is 17.9 Å². The molecule has 0 aliphatic carbocycles. The van der Waals surface area contributed by atoms with E-state index in [-0.39, 0.29) is 31.6 Å². The van der Waals surface area contributed by atoms with Crippen molar-refractivity contribution in [2.45, 2.75) is 271 Å². The van der Waals surface area contributed by atoms with Gasteiger partial charge in [0.1, 0.15) is 13.2 Å². The Balaban J connectivity index is 4.37. The van der Waals surface area contributed by atoms with E-state index in [0.717, 1.165) is 77.0 Å². The molecule has 0 aromatic heterocycles. The molecule has 0 radical (unpaired) electrons. The van der Waals surface area contributed by atoms with Crippen molar-refractivity contribution in [1.82, 2.24) is 0 Å². The van der Waals surface area contributed by atoms with Crippen LogP contribution in [0.4, 0.5) is 0 Å². The number of carbonyl (C=O) groups is 3. The maximum absolute atomic E-state index is 12.8. The van der Waals surface area contributed by atoms with Crippen molar-refractivity contribution in [3.63, 3.8) is 0 Å². The molecule has 1 unspecified atom stereocenters. The van der Waals surface area contributed by atoms with Gasteiger partial charge in [-0.15, -0.1) is 0 Å². The molecule has 0 rings (SSSR count). The summed E-state index contributed by atoms with van der Waals surface area (Å²) in [5, 5.41) is 0. The van der Waals surface area contributed by atoms with E-state index >= 15 is 0 Å². The standard InChI is InChI=1S/C61H104O6/c1-4-7-10-13-16-19-22-24-26-27-28-29-30-31-32-33-35-36-39-42-45-48-51-54-60(63)66-57-58(56-65-59(62)53-50-47-44-41-38-21-18-15-12-9-6-3)67-61(64)55-52-49-46-43-40-37-34-25-23-20-17-14-11-8-5-2/h8,11,17,20,22,24-25,27-28,34,40,43,49,52,58H,4-7,9-10,12-16,18-19,21,23,26,29-33,35-39,41-42,44-48,50-51,53-57H2,1-3H3/b11-8-,20-17-,24-22-,28-27-,34-25-,43-40-,52-49-. The lowest BCUT2D eigenvalue weighted by Gasteiger charge is -2.18. The number of rotatable bonds is 50. The van der Waals surface area contributed by atoms with Gasteiger partial charge in [-0.25, -0.2) is 0 Å². The maximum Gasteiger partial charge on any atom is 0.310 e. The van der Waals surface area contributed by atoms with Gasteiger partial charge in [0.2, 0.25) is 0 Å². The summed E-state index contributed by atoms with van der Waals surface area (Å²) in [4.78, 5) is 38.0. The van der Waals surface area contributed by atoms with Crippen molar-refractivity contribution in [3.05, 3.63) is 85.1 Å². The molecule has 0 N–H and O–H groups in total. The van der Waals surface area contributed by atoms with Crippen LogP contribution < -0.4 is 0 Å². The second kappa shape index (κ2) is 55.2. The Morgan fingerprint density at radius 2 is 0.627 bits per heavy atom. The molecule has 6 nitrogen and oxygen atoms in total. The van der Waals surface area contributed by atoms with E-state index in [4.69, 9.17) is 14.2 Å². The molecule has 0 spiro atoms. The third-order valence-corrected chi connectivity index (χ3v) is 11.9. The quantitative estimate of drug-likeness (QED) is 0.0262. The van der Waals surface area contributed by atoms with Gasteiger partial charge in [-0.1, -0.05) is 254 Å². The van der Waals surface area contributed by atoms with Crippen LogP contribution >= 0.6 is 0 Å². The number of ether oxygens (including phenoxy) is 3. The molecule has 0 amide bonds. The Kier molecular flexibility index (Phi) is 52.4. The van der Waals surface area contributed by atoms with E-state index in [1.807, 2.05) is 6.08 Å². The normalized spacial score (nSPS) is 12.7. The molecule has 0 bridgehead atoms. The Bertz CT molecular complexity index is 1300. The first-order valence-electron chi connectivity index (χ1n) is 28.1. The predicted octanol–water partition coefficient (Wildman–Crippen LogP) is 18.8. The molecule has 0 aromatic carbocycles. The highest BCUT2D eigenvalue weighted by Crippen LogP contribution is 2.15. The zero-order chi connectivity index (χ0) is 48.6. The van der Waals surface area contributed by atoms with Gasteiger partial charge in [0.05, 0.1) is 6.42 Å². The molecule has 0 aliphatic heterocycles. The van der Waals surface area contributed by atoms with Crippen LogP contribution in [-0.4, -0.2) is 37.2 Å². The van der Waals surface area contributed by atoms with Gasteiger partial charge in [-0.3, -0.25) is 14.4 Å². The number of unbranched alkanes of at least 4 members (excludes halogenated alkanes) is 26. The Hall–Kier alpha value is -3.41. The Labute approximate surface area is 414 Å². The molecule has 0 aromatic rings. The predicted molar refractivity (Wildman–Crippen MR) is 288 cm³/mol. The fraction of sp³-hybridized carbons (Fsp3) is 0.721. The second-order valence-corrected chi connectivity index (χ2v) is 18.5. The van der Waals surface area contributed by atoms with E-state index in [1.54, 1.807) is 6.08 Å². The summed E-state index contributed by atoms with van der Waals surface area (Å²) in [5.74, 6) is -1.04. The Morgan fingerprint density at radius 3 is 0.985 bits per heavy atom. The van der Waals surface area contributed by atoms with Crippen LogP contribution in [0, 0.1) is 0 Å². The molecule has 1 atom stereocenters. The van der Waals surface area contributed by atoms with Crippen molar-refractivity contribution in [3.8, 4) is 0 Å². The maximum atomic E-state index is 12.8. The zero-order valence-corrected chi connectivity index (χ0v) is 43.9. The van der Waals surface area contributed by atoms with E-state index < -0.39 is 12.1 Å². The van der Waals surface area contributed by atoms with Gasteiger partial charge in [0.15, 0.2) is 6.10 Å². The summed E-state index contributed by atoms with van der Waals surface area (Å²) in [7, 11) is 0. The number of hydrogen-bond donors (Lipinski definition) is 0. The molecule has 6 heteroatoms. The fourth-order valence-corrected chi connectivity index (χ4v) is 7.73. The molecule has 67 heavy (non-hydrogen) atoms. The minimum absolute atomic E-state index is 0.0975. The first kappa shape index (κ1) is 63.6. The summed E-state index contributed by atoms with van der Waals surface area (Å²) in [6.45, 7) is 6.43. The van der Waals surface area contributed by atoms with E-state index in [9.17, 15) is 14.4 Å². The first-order valence-corrected chi connectivity index (χ1v) is 28.1. The molecule has 0 aliphatic rings. The van der Waals surface area contributed by atoms with Crippen molar-refractivity contribution in [1.29, 1.82) is 0 Å². The number of hydrogen-bond acceptors (Lipinski definition) is 6. The van der Waals surface area contributed by atoms with Crippen LogP contribution in [0.3, 0.4) is 0 Å². The van der Waals surface area contributed by atoms with Gasteiger partial charge in [-0.05, 0) is 77.0 Å². The van der Waals surface area contributed by atoms with Gasteiger partial charge in [0, 0.05) is 12.8 Å². The van der Waals surface area contributed by atoms with Crippen molar-refractivity contribution >= 4 is 17.9 Å². The van der Waals surface area contributed by atoms with Crippen LogP contribution in [0.1, 0.15) is 265 Å². The average molecular weight is 933 g/mol. The zero-order valence-electron chi connectivity index (χ0n) is 43.9. The van der Waals surface area contributed by atoms with E-state index in [2.05, 4.69) is 93.7 Å². The third kappa shape index (κ3) is 53.4. The van der Waals surface area contributed by atoms with Crippen LogP contribution in [0.25, 0.3) is 0 Å². The fourth-order valence-electron chi connectivity index (χ4n) is 7.73. The molecule has 0 saturated heterocycles. The van der Waals surface area contributed by atoms with Crippen LogP contribution in [0.5, 0.6) is 0 Å². The number of esters is 3. The largest absolute Gasteiger partial charge is 0.462 e. The summed E-state index contributed by atoms with van der Waals surface area (Å²) in [5.41, 5.74) is 0. The summed E-state index contributed by atoms with van der Waals surface area (Å²) in [6.07, 6.45) is 71.8. The summed E-state index contributed by atoms with van der Waals surface area (Å²) < 4.78 is 16.7. The molecule has 0 fully saturated rings. The highest BCUT2D eigenvalue weighted by Gasteiger charge is 2.19. The van der Waals surface area contributed by atoms with Gasteiger partial charge < -0.3 is 14.2 Å². The molecule has 384 valence electrons. The van der Waals surface area contributed by atoms with Crippen LogP contribution in [-0.2, 0) is 28.6 Å². The average Bonchev–Trinajstić information content (AvgIpc) is 3.33. The van der Waals surface area contributed by atoms with Gasteiger partial charge in [-0.2, -0.15) is 0 Å². The van der Waals surface area contributed by atoms with Crippen molar-refractivity contribution in [2.24, 2.45) is 0 Å². The van der Waals surface area contributed by atoms with Crippen molar-refractivity contribution < 1.29 is 28.6 Å². The topological polar surface area (TPSA) is 78.9 Å². The first-order chi connectivity index (χ1) is 33.0. The van der Waals surface area contributed by atoms with Crippen LogP contribution in [0.15, 0.2) is 85.1 Å². The van der Waals surface area contributed by atoms with Crippen LogP contribution in [0.2, 0.25) is 0 Å². The lowest BCUT2D eigenvalue weighted by Crippen LogP contribution is -2.30. The lowest BCUT2D eigenvalue weighted by atomic mass is 10.0. The smallest absolute Gasteiger partial charge is 0.310 e. The highest BCUT2D eigenvalue weighted by atomic mass is 16.6. The van der Waals surface area contributed by atoms with E-state index in [0.29, 0.717) is 12.8 Å². The minimum atomic E-state index is -0.829. The summed E-state index contributed by atoms with van der Waals surface area (Å²) >= 11 is 0. The monoisotopic (exact) mass is 933 g/mol. The summed E-state index contributed by atoms with van der Waals surface area (Å²) in [6, 6.07) is 0. The molecular weight excluding hydrogens is 829 g/mol. The lowest BCUT2D eigenvalue weighted by molar-refractivity contribution is -0.166. The Morgan fingerprint density at radius 1 is 0.328 bits per heavy atom. The molecule has 0 heterocycles.